The normalized spacial score (nSPS) is 14.5. The van der Waals surface area contributed by atoms with E-state index in [-0.39, 0.29) is 11.8 Å². The van der Waals surface area contributed by atoms with Crippen LogP contribution >= 0.6 is 0 Å². The third-order valence-corrected chi connectivity index (χ3v) is 4.92. The van der Waals surface area contributed by atoms with Crippen molar-refractivity contribution >= 4 is 11.8 Å². The van der Waals surface area contributed by atoms with Crippen LogP contribution in [-0.2, 0) is 11.4 Å². The van der Waals surface area contributed by atoms with Crippen LogP contribution < -0.4 is 10.1 Å². The molecule has 5 nitrogen and oxygen atoms in total. The molecule has 0 radical (unpaired) electrons. The summed E-state index contributed by atoms with van der Waals surface area (Å²) < 4.78 is 5.83. The van der Waals surface area contributed by atoms with Gasteiger partial charge in [0.15, 0.2) is 0 Å². The lowest BCUT2D eigenvalue weighted by molar-refractivity contribution is -0.130. The topological polar surface area (TPSA) is 58.6 Å². The summed E-state index contributed by atoms with van der Waals surface area (Å²) >= 11 is 0. The van der Waals surface area contributed by atoms with Gasteiger partial charge in [-0.15, -0.1) is 0 Å². The van der Waals surface area contributed by atoms with Crippen LogP contribution in [0.5, 0.6) is 5.75 Å². The van der Waals surface area contributed by atoms with Crippen molar-refractivity contribution < 1.29 is 14.3 Å². The van der Waals surface area contributed by atoms with Crippen LogP contribution in [0.4, 0.5) is 0 Å². The van der Waals surface area contributed by atoms with Crippen molar-refractivity contribution in [2.45, 2.75) is 39.2 Å². The Morgan fingerprint density at radius 3 is 2.82 bits per heavy atom. The molecule has 0 aliphatic carbocycles. The van der Waals surface area contributed by atoms with E-state index in [1.165, 1.54) is 5.56 Å². The van der Waals surface area contributed by atoms with Crippen LogP contribution in [0.15, 0.2) is 48.5 Å². The van der Waals surface area contributed by atoms with E-state index in [0.29, 0.717) is 37.4 Å². The molecular formula is C23H28N2O3. The number of aryl methyl sites for hydroxylation is 1. The molecule has 1 aliphatic heterocycles. The van der Waals surface area contributed by atoms with Crippen molar-refractivity contribution in [3.05, 3.63) is 65.2 Å². The maximum absolute atomic E-state index is 12.4. The number of nitrogens with zero attached hydrogens (tertiary/aromatic N) is 1. The van der Waals surface area contributed by atoms with E-state index in [1.807, 2.05) is 42.2 Å². The summed E-state index contributed by atoms with van der Waals surface area (Å²) in [5.74, 6) is 0.707. The van der Waals surface area contributed by atoms with Gasteiger partial charge in [0.1, 0.15) is 12.4 Å². The minimum Gasteiger partial charge on any atom is -0.489 e. The second kappa shape index (κ2) is 9.93. The molecule has 2 aromatic carbocycles. The lowest BCUT2D eigenvalue weighted by Gasteiger charge is -2.20. The van der Waals surface area contributed by atoms with Gasteiger partial charge in [0, 0.05) is 31.6 Å². The number of benzene rings is 2. The molecule has 0 saturated carbocycles. The van der Waals surface area contributed by atoms with E-state index in [9.17, 15) is 9.59 Å². The van der Waals surface area contributed by atoms with Crippen molar-refractivity contribution in [1.82, 2.24) is 10.2 Å². The molecule has 0 unspecified atom stereocenters. The zero-order valence-corrected chi connectivity index (χ0v) is 16.4. The number of hydrogen-bond donors (Lipinski definition) is 1. The molecule has 0 spiro atoms. The van der Waals surface area contributed by atoms with Gasteiger partial charge in [-0.3, -0.25) is 9.59 Å². The number of likely N-dealkylation sites (tertiary alicyclic amines) is 1. The monoisotopic (exact) mass is 380 g/mol. The first kappa shape index (κ1) is 19.9. The predicted octanol–water partition coefficient (Wildman–Crippen LogP) is 3.71. The van der Waals surface area contributed by atoms with Crippen LogP contribution in [0.3, 0.4) is 0 Å². The summed E-state index contributed by atoms with van der Waals surface area (Å²) in [7, 11) is 0. The van der Waals surface area contributed by atoms with Gasteiger partial charge >= 0.3 is 0 Å². The number of ether oxygens (including phenoxy) is 1. The molecule has 3 rings (SSSR count). The third-order valence-electron chi connectivity index (χ3n) is 4.92. The summed E-state index contributed by atoms with van der Waals surface area (Å²) in [5.41, 5.74) is 2.85. The molecule has 5 heteroatoms. The summed E-state index contributed by atoms with van der Waals surface area (Å²) in [6.07, 6.45) is 3.73. The first-order valence-corrected chi connectivity index (χ1v) is 9.96. The number of carbonyl (C=O) groups is 2. The van der Waals surface area contributed by atoms with E-state index in [1.54, 1.807) is 12.1 Å². The van der Waals surface area contributed by atoms with E-state index < -0.39 is 0 Å². The first-order valence-electron chi connectivity index (χ1n) is 9.96. The number of nitrogens with one attached hydrogen (secondary N) is 1. The Kier molecular flexibility index (Phi) is 7.06. The Morgan fingerprint density at radius 1 is 1.11 bits per heavy atom. The van der Waals surface area contributed by atoms with Crippen LogP contribution in [0.2, 0.25) is 0 Å². The maximum atomic E-state index is 12.4. The molecule has 0 atom stereocenters. The van der Waals surface area contributed by atoms with Crippen molar-refractivity contribution in [1.29, 1.82) is 0 Å². The summed E-state index contributed by atoms with van der Waals surface area (Å²) in [5, 5.41) is 2.91. The number of amides is 2. The Hall–Kier alpha value is -2.82. The van der Waals surface area contributed by atoms with Crippen molar-refractivity contribution in [3.8, 4) is 5.75 Å². The Bertz CT molecular complexity index is 819. The molecule has 0 aromatic heterocycles. The quantitative estimate of drug-likeness (QED) is 0.797. The predicted molar refractivity (Wildman–Crippen MR) is 109 cm³/mol. The highest BCUT2D eigenvalue weighted by atomic mass is 16.5. The van der Waals surface area contributed by atoms with Gasteiger partial charge in [0.05, 0.1) is 0 Å². The second-order valence-electron chi connectivity index (χ2n) is 7.25. The average molecular weight is 380 g/mol. The number of hydrogen-bond acceptors (Lipinski definition) is 3. The average Bonchev–Trinajstić information content (AvgIpc) is 2.91. The molecule has 1 fully saturated rings. The van der Waals surface area contributed by atoms with E-state index in [2.05, 4.69) is 11.4 Å². The van der Waals surface area contributed by atoms with Gasteiger partial charge in [-0.1, -0.05) is 42.3 Å². The maximum Gasteiger partial charge on any atom is 0.251 e. The molecular weight excluding hydrogens is 352 g/mol. The SMILES string of the molecule is Cc1cccc(COc2cccc(C(=O)NCCN3CCCCCC3=O)c2)c1. The highest BCUT2D eigenvalue weighted by molar-refractivity contribution is 5.94. The minimum atomic E-state index is -0.150. The Labute approximate surface area is 166 Å². The fourth-order valence-electron chi connectivity index (χ4n) is 3.38. The largest absolute Gasteiger partial charge is 0.489 e. The minimum absolute atomic E-state index is 0.150. The van der Waals surface area contributed by atoms with Crippen LogP contribution in [0.25, 0.3) is 0 Å². The van der Waals surface area contributed by atoms with Gasteiger partial charge in [0.2, 0.25) is 5.91 Å². The molecule has 28 heavy (non-hydrogen) atoms. The zero-order valence-electron chi connectivity index (χ0n) is 16.4. The smallest absolute Gasteiger partial charge is 0.251 e. The van der Waals surface area contributed by atoms with Crippen LogP contribution in [-0.4, -0.2) is 36.3 Å². The standard InChI is InChI=1S/C23H28N2O3/c1-18-7-5-8-19(15-18)17-28-21-10-6-9-20(16-21)23(27)24-12-14-25-13-4-2-3-11-22(25)26/h5-10,15-16H,2-4,11-14,17H2,1H3,(H,24,27). The molecule has 1 N–H and O–H groups in total. The molecule has 1 saturated heterocycles. The Balaban J connectivity index is 1.49. The summed E-state index contributed by atoms with van der Waals surface area (Å²) in [6.45, 7) is 4.32. The number of carbonyl (C=O) groups excluding carboxylic acids is 2. The highest BCUT2D eigenvalue weighted by Crippen LogP contribution is 2.16. The molecule has 148 valence electrons. The lowest BCUT2D eigenvalue weighted by Crippen LogP contribution is -2.38. The van der Waals surface area contributed by atoms with Gasteiger partial charge in [-0.25, -0.2) is 0 Å². The summed E-state index contributed by atoms with van der Waals surface area (Å²) in [6, 6.07) is 15.4. The molecule has 2 amide bonds. The molecule has 1 aliphatic rings. The van der Waals surface area contributed by atoms with Gasteiger partial charge in [0.25, 0.3) is 5.91 Å². The fourth-order valence-corrected chi connectivity index (χ4v) is 3.38. The van der Waals surface area contributed by atoms with Gasteiger partial charge in [-0.05, 0) is 43.5 Å². The van der Waals surface area contributed by atoms with Gasteiger partial charge in [-0.2, -0.15) is 0 Å². The van der Waals surface area contributed by atoms with E-state index in [0.717, 1.165) is 31.4 Å². The van der Waals surface area contributed by atoms with Crippen molar-refractivity contribution in [2.75, 3.05) is 19.6 Å². The molecule has 0 bridgehead atoms. The summed E-state index contributed by atoms with van der Waals surface area (Å²) in [4.78, 5) is 26.3. The van der Waals surface area contributed by atoms with E-state index >= 15 is 0 Å². The highest BCUT2D eigenvalue weighted by Gasteiger charge is 2.16. The number of rotatable bonds is 7. The van der Waals surface area contributed by atoms with E-state index in [4.69, 9.17) is 4.74 Å². The Morgan fingerprint density at radius 2 is 1.96 bits per heavy atom. The third kappa shape index (κ3) is 5.84. The van der Waals surface area contributed by atoms with Crippen LogP contribution in [0.1, 0.15) is 47.2 Å². The van der Waals surface area contributed by atoms with Crippen LogP contribution in [0, 0.1) is 6.92 Å². The second-order valence-corrected chi connectivity index (χ2v) is 7.25. The molecule has 1 heterocycles. The van der Waals surface area contributed by atoms with Crippen molar-refractivity contribution in [2.24, 2.45) is 0 Å². The first-order chi connectivity index (χ1) is 13.6. The van der Waals surface area contributed by atoms with Crippen molar-refractivity contribution in [3.63, 3.8) is 0 Å². The zero-order chi connectivity index (χ0) is 19.8. The molecule has 2 aromatic rings. The lowest BCUT2D eigenvalue weighted by atomic mass is 10.1. The van der Waals surface area contributed by atoms with Gasteiger partial charge < -0.3 is 15.0 Å². The fraction of sp³-hybridized carbons (Fsp3) is 0.391.